The molecule has 1 heterocycles. The minimum Gasteiger partial charge on any atom is -0.341 e. The van der Waals surface area contributed by atoms with Gasteiger partial charge >= 0.3 is 0 Å². The van der Waals surface area contributed by atoms with Crippen molar-refractivity contribution in [1.82, 2.24) is 15.1 Å². The van der Waals surface area contributed by atoms with Crippen molar-refractivity contribution in [3.05, 3.63) is 35.9 Å². The third kappa shape index (κ3) is 7.24. The van der Waals surface area contributed by atoms with E-state index in [1.165, 1.54) is 6.26 Å². The van der Waals surface area contributed by atoms with Gasteiger partial charge in [0.25, 0.3) is 0 Å². The van der Waals surface area contributed by atoms with E-state index in [0.717, 1.165) is 5.56 Å². The molecule has 1 atom stereocenters. The second-order valence-electron chi connectivity index (χ2n) is 7.81. The number of amides is 2. The average Bonchev–Trinajstić information content (AvgIpc) is 2.64. The van der Waals surface area contributed by atoms with Crippen LogP contribution < -0.4 is 5.32 Å². The molecule has 1 unspecified atom stereocenters. The van der Waals surface area contributed by atoms with Gasteiger partial charge in [0.15, 0.2) is 0 Å². The molecule has 1 aromatic carbocycles. The van der Waals surface area contributed by atoms with Crippen molar-refractivity contribution in [2.75, 3.05) is 44.7 Å². The third-order valence-electron chi connectivity index (χ3n) is 4.74. The molecule has 1 saturated heterocycles. The molecule has 2 amide bonds. The molecule has 0 bridgehead atoms. The second-order valence-corrected chi connectivity index (χ2v) is 10.1. The lowest BCUT2D eigenvalue weighted by Gasteiger charge is -2.36. The number of hydrogen-bond donors (Lipinski definition) is 1. The summed E-state index contributed by atoms with van der Waals surface area (Å²) < 4.78 is 22.7. The first-order valence-electron chi connectivity index (χ1n) is 9.69. The standard InChI is InChI=1S/C20H31N3O4S/c1-16(2)15-18(24)21-19(17-7-5-4-6-8-17)20(25)23-11-9-22(10-12-23)13-14-28(3,26)27/h4-8,16,19H,9-15H2,1-3H3,(H,21,24). The molecular weight excluding hydrogens is 378 g/mol. The molecule has 8 heteroatoms. The van der Waals surface area contributed by atoms with Gasteiger partial charge in [-0.25, -0.2) is 8.42 Å². The molecule has 28 heavy (non-hydrogen) atoms. The number of nitrogens with zero attached hydrogens (tertiary/aromatic N) is 2. The summed E-state index contributed by atoms with van der Waals surface area (Å²) in [6.45, 7) is 6.71. The van der Waals surface area contributed by atoms with Crippen LogP contribution in [0.5, 0.6) is 0 Å². The van der Waals surface area contributed by atoms with Crippen molar-refractivity contribution >= 4 is 21.7 Å². The summed E-state index contributed by atoms with van der Waals surface area (Å²) in [4.78, 5) is 29.3. The molecule has 1 aromatic rings. The van der Waals surface area contributed by atoms with Crippen LogP contribution in [0.2, 0.25) is 0 Å². The highest BCUT2D eigenvalue weighted by Gasteiger charge is 2.30. The number of piperazine rings is 1. The molecule has 2 rings (SSSR count). The Labute approximate surface area is 168 Å². The Balaban J connectivity index is 2.01. The van der Waals surface area contributed by atoms with Gasteiger partial charge in [-0.05, 0) is 11.5 Å². The number of carbonyl (C=O) groups is 2. The van der Waals surface area contributed by atoms with Gasteiger partial charge in [-0.2, -0.15) is 0 Å². The summed E-state index contributed by atoms with van der Waals surface area (Å²) in [5, 5.41) is 2.89. The van der Waals surface area contributed by atoms with E-state index in [9.17, 15) is 18.0 Å². The summed E-state index contributed by atoms with van der Waals surface area (Å²) in [5.74, 6) is 0.0822. The van der Waals surface area contributed by atoms with Gasteiger partial charge in [-0.3, -0.25) is 14.5 Å². The first-order valence-corrected chi connectivity index (χ1v) is 11.7. The van der Waals surface area contributed by atoms with Crippen LogP contribution in [-0.2, 0) is 19.4 Å². The van der Waals surface area contributed by atoms with E-state index in [1.807, 2.05) is 44.2 Å². The quantitative estimate of drug-likeness (QED) is 0.694. The fourth-order valence-electron chi connectivity index (χ4n) is 3.19. The predicted octanol–water partition coefficient (Wildman–Crippen LogP) is 1.08. The molecule has 156 valence electrons. The topological polar surface area (TPSA) is 86.8 Å². The summed E-state index contributed by atoms with van der Waals surface area (Å²) in [7, 11) is -3.00. The highest BCUT2D eigenvalue weighted by atomic mass is 32.2. The smallest absolute Gasteiger partial charge is 0.249 e. The fraction of sp³-hybridized carbons (Fsp3) is 0.600. The zero-order valence-corrected chi connectivity index (χ0v) is 17.7. The van der Waals surface area contributed by atoms with Gasteiger partial charge in [0.2, 0.25) is 11.8 Å². The van der Waals surface area contributed by atoms with E-state index in [1.54, 1.807) is 4.90 Å². The van der Waals surface area contributed by atoms with Crippen LogP contribution in [0.4, 0.5) is 0 Å². The van der Waals surface area contributed by atoms with Gasteiger partial charge in [0.1, 0.15) is 15.9 Å². The zero-order valence-electron chi connectivity index (χ0n) is 16.9. The van der Waals surface area contributed by atoms with Gasteiger partial charge < -0.3 is 10.2 Å². The predicted molar refractivity (Wildman–Crippen MR) is 110 cm³/mol. The van der Waals surface area contributed by atoms with Crippen LogP contribution >= 0.6 is 0 Å². The van der Waals surface area contributed by atoms with E-state index in [2.05, 4.69) is 10.2 Å². The normalized spacial score (nSPS) is 16.8. The van der Waals surface area contributed by atoms with Crippen LogP contribution in [0.15, 0.2) is 30.3 Å². The number of benzene rings is 1. The lowest BCUT2D eigenvalue weighted by molar-refractivity contribution is -0.138. The Morgan fingerprint density at radius 2 is 1.68 bits per heavy atom. The molecule has 1 aliphatic heterocycles. The summed E-state index contributed by atoms with van der Waals surface area (Å²) in [6, 6.07) is 8.58. The maximum absolute atomic E-state index is 13.1. The van der Waals surface area contributed by atoms with E-state index < -0.39 is 15.9 Å². The van der Waals surface area contributed by atoms with E-state index in [0.29, 0.717) is 39.1 Å². The Bertz CT molecular complexity index is 757. The monoisotopic (exact) mass is 409 g/mol. The van der Waals surface area contributed by atoms with Crippen molar-refractivity contribution in [2.24, 2.45) is 5.92 Å². The third-order valence-corrected chi connectivity index (χ3v) is 5.67. The molecule has 7 nitrogen and oxygen atoms in total. The van der Waals surface area contributed by atoms with Crippen LogP contribution in [0.1, 0.15) is 31.9 Å². The Kier molecular flexibility index (Phi) is 8.00. The molecular formula is C20H31N3O4S. The second kappa shape index (κ2) is 10.0. The molecule has 1 N–H and O–H groups in total. The first kappa shape index (κ1) is 22.4. The minimum atomic E-state index is -3.00. The molecule has 1 aliphatic rings. The number of rotatable bonds is 8. The number of hydrogen-bond acceptors (Lipinski definition) is 5. The van der Waals surface area contributed by atoms with E-state index >= 15 is 0 Å². The molecule has 0 spiro atoms. The van der Waals surface area contributed by atoms with Crippen molar-refractivity contribution in [1.29, 1.82) is 0 Å². The average molecular weight is 410 g/mol. The molecule has 0 saturated carbocycles. The summed E-state index contributed by atoms with van der Waals surface area (Å²) in [6.07, 6.45) is 1.60. The number of nitrogens with one attached hydrogen (secondary N) is 1. The minimum absolute atomic E-state index is 0.119. The van der Waals surface area contributed by atoms with Gasteiger partial charge in [0.05, 0.1) is 5.75 Å². The molecule has 0 aromatic heterocycles. The van der Waals surface area contributed by atoms with Gasteiger partial charge in [-0.15, -0.1) is 0 Å². The first-order chi connectivity index (χ1) is 13.2. The van der Waals surface area contributed by atoms with Crippen LogP contribution in [-0.4, -0.2) is 74.8 Å². The highest BCUT2D eigenvalue weighted by molar-refractivity contribution is 7.90. The Morgan fingerprint density at radius 3 is 2.21 bits per heavy atom. The fourth-order valence-corrected chi connectivity index (χ4v) is 3.78. The van der Waals surface area contributed by atoms with Crippen LogP contribution in [0.3, 0.4) is 0 Å². The van der Waals surface area contributed by atoms with Crippen LogP contribution in [0, 0.1) is 5.92 Å². The van der Waals surface area contributed by atoms with E-state index in [4.69, 9.17) is 0 Å². The van der Waals surface area contributed by atoms with Crippen molar-refractivity contribution in [3.63, 3.8) is 0 Å². The van der Waals surface area contributed by atoms with Crippen molar-refractivity contribution in [3.8, 4) is 0 Å². The maximum Gasteiger partial charge on any atom is 0.249 e. The summed E-state index contributed by atoms with van der Waals surface area (Å²) >= 11 is 0. The van der Waals surface area contributed by atoms with Crippen molar-refractivity contribution < 1.29 is 18.0 Å². The molecule has 1 fully saturated rings. The summed E-state index contributed by atoms with van der Waals surface area (Å²) in [5.41, 5.74) is 0.768. The molecule has 0 aliphatic carbocycles. The molecule has 0 radical (unpaired) electrons. The lowest BCUT2D eigenvalue weighted by Crippen LogP contribution is -2.52. The van der Waals surface area contributed by atoms with Crippen molar-refractivity contribution in [2.45, 2.75) is 26.3 Å². The van der Waals surface area contributed by atoms with E-state index in [-0.39, 0.29) is 23.5 Å². The largest absolute Gasteiger partial charge is 0.341 e. The maximum atomic E-state index is 13.1. The number of sulfone groups is 1. The van der Waals surface area contributed by atoms with Gasteiger partial charge in [-0.1, -0.05) is 44.2 Å². The number of carbonyl (C=O) groups excluding carboxylic acids is 2. The highest BCUT2D eigenvalue weighted by Crippen LogP contribution is 2.18. The Hall–Kier alpha value is -1.93. The zero-order chi connectivity index (χ0) is 20.7. The lowest BCUT2D eigenvalue weighted by atomic mass is 10.0. The van der Waals surface area contributed by atoms with Gasteiger partial charge in [0, 0.05) is 45.4 Å². The SMILES string of the molecule is CC(C)CC(=O)NC(C(=O)N1CCN(CCS(C)(=O)=O)CC1)c1ccccc1. The Morgan fingerprint density at radius 1 is 1.07 bits per heavy atom. The van der Waals surface area contributed by atoms with Crippen LogP contribution in [0.25, 0.3) is 0 Å².